The van der Waals surface area contributed by atoms with Crippen molar-refractivity contribution >= 4 is 11.8 Å². The molecule has 98 valence electrons. The van der Waals surface area contributed by atoms with Gasteiger partial charge in [-0.1, -0.05) is 0 Å². The second-order valence-electron chi connectivity index (χ2n) is 4.93. The van der Waals surface area contributed by atoms with E-state index < -0.39 is 5.97 Å². The first kappa shape index (κ1) is 12.8. The SMILES string of the molecule is Cc1cc(C(=O)O)cc(NC2CCCN(C)C2)n1. The topological polar surface area (TPSA) is 65.5 Å². The molecule has 0 spiro atoms. The van der Waals surface area contributed by atoms with Gasteiger partial charge in [0.1, 0.15) is 5.82 Å². The number of anilines is 1. The summed E-state index contributed by atoms with van der Waals surface area (Å²) in [4.78, 5) is 17.6. The van der Waals surface area contributed by atoms with Gasteiger partial charge in [-0.05, 0) is 45.5 Å². The van der Waals surface area contributed by atoms with Crippen LogP contribution in [0, 0.1) is 6.92 Å². The van der Waals surface area contributed by atoms with E-state index in [1.807, 2.05) is 6.92 Å². The Morgan fingerprint density at radius 1 is 1.56 bits per heavy atom. The number of carbonyl (C=O) groups is 1. The molecular weight excluding hydrogens is 230 g/mol. The minimum atomic E-state index is -0.913. The average Bonchev–Trinajstić information content (AvgIpc) is 2.28. The number of nitrogens with one attached hydrogen (secondary N) is 1. The summed E-state index contributed by atoms with van der Waals surface area (Å²) in [6.45, 7) is 3.91. The molecule has 1 aromatic heterocycles. The lowest BCUT2D eigenvalue weighted by atomic mass is 10.1. The molecule has 0 bridgehead atoms. The zero-order valence-electron chi connectivity index (χ0n) is 10.8. The van der Waals surface area contributed by atoms with Crippen molar-refractivity contribution in [1.82, 2.24) is 9.88 Å². The average molecular weight is 249 g/mol. The van der Waals surface area contributed by atoms with E-state index in [1.54, 1.807) is 12.1 Å². The number of rotatable bonds is 3. The summed E-state index contributed by atoms with van der Waals surface area (Å²) in [5, 5.41) is 12.3. The van der Waals surface area contributed by atoms with Crippen molar-refractivity contribution in [2.24, 2.45) is 0 Å². The van der Waals surface area contributed by atoms with Crippen LogP contribution in [-0.2, 0) is 0 Å². The van der Waals surface area contributed by atoms with Crippen LogP contribution in [0.15, 0.2) is 12.1 Å². The van der Waals surface area contributed by atoms with E-state index in [1.165, 1.54) is 0 Å². The summed E-state index contributed by atoms with van der Waals surface area (Å²) >= 11 is 0. The number of pyridine rings is 1. The third kappa shape index (κ3) is 3.20. The highest BCUT2D eigenvalue weighted by molar-refractivity contribution is 5.88. The number of carboxylic acids is 1. The number of hydrogen-bond acceptors (Lipinski definition) is 4. The van der Waals surface area contributed by atoms with E-state index in [2.05, 4.69) is 22.2 Å². The standard InChI is InChI=1S/C13H19N3O2/c1-9-6-10(13(17)18)7-12(14-9)15-11-4-3-5-16(2)8-11/h6-7,11H,3-5,8H2,1-2H3,(H,14,15)(H,17,18). The number of aryl methyl sites for hydroxylation is 1. The van der Waals surface area contributed by atoms with Crippen LogP contribution >= 0.6 is 0 Å². The van der Waals surface area contributed by atoms with Crippen molar-refractivity contribution in [2.45, 2.75) is 25.8 Å². The van der Waals surface area contributed by atoms with Crippen LogP contribution in [0.25, 0.3) is 0 Å². The summed E-state index contributed by atoms with van der Waals surface area (Å²) in [6, 6.07) is 3.53. The minimum absolute atomic E-state index is 0.286. The van der Waals surface area contributed by atoms with Crippen molar-refractivity contribution in [3.8, 4) is 0 Å². The number of piperidine rings is 1. The fraction of sp³-hybridized carbons (Fsp3) is 0.538. The van der Waals surface area contributed by atoms with Gasteiger partial charge in [0, 0.05) is 18.3 Å². The molecule has 2 heterocycles. The van der Waals surface area contributed by atoms with Gasteiger partial charge in [-0.15, -0.1) is 0 Å². The van der Waals surface area contributed by atoms with E-state index in [0.717, 1.165) is 31.6 Å². The Balaban J connectivity index is 2.10. The summed E-state index contributed by atoms with van der Waals surface area (Å²) in [7, 11) is 2.10. The fourth-order valence-corrected chi connectivity index (χ4v) is 2.36. The van der Waals surface area contributed by atoms with Gasteiger partial charge in [0.05, 0.1) is 5.56 Å². The van der Waals surface area contributed by atoms with E-state index >= 15 is 0 Å². The second kappa shape index (κ2) is 5.35. The molecule has 0 aliphatic carbocycles. The number of aromatic nitrogens is 1. The number of carboxylic acid groups (broad SMARTS) is 1. The van der Waals surface area contributed by atoms with Gasteiger partial charge in [-0.2, -0.15) is 0 Å². The molecule has 1 fully saturated rings. The zero-order chi connectivity index (χ0) is 13.1. The molecule has 18 heavy (non-hydrogen) atoms. The number of nitrogens with zero attached hydrogens (tertiary/aromatic N) is 2. The van der Waals surface area contributed by atoms with Gasteiger partial charge >= 0.3 is 5.97 Å². The van der Waals surface area contributed by atoms with Crippen LogP contribution in [0.2, 0.25) is 0 Å². The summed E-state index contributed by atoms with van der Waals surface area (Å²) < 4.78 is 0. The van der Waals surface area contributed by atoms with Crippen LogP contribution in [0.4, 0.5) is 5.82 Å². The monoisotopic (exact) mass is 249 g/mol. The van der Waals surface area contributed by atoms with Crippen LogP contribution in [0.1, 0.15) is 28.9 Å². The van der Waals surface area contributed by atoms with Crippen LogP contribution < -0.4 is 5.32 Å². The maximum atomic E-state index is 11.0. The minimum Gasteiger partial charge on any atom is -0.478 e. The van der Waals surface area contributed by atoms with Crippen molar-refractivity contribution in [1.29, 1.82) is 0 Å². The highest BCUT2D eigenvalue weighted by Gasteiger charge is 2.17. The van der Waals surface area contributed by atoms with Gasteiger partial charge in [0.15, 0.2) is 0 Å². The lowest BCUT2D eigenvalue weighted by Crippen LogP contribution is -2.39. The Labute approximate surface area is 107 Å². The first-order chi connectivity index (χ1) is 8.54. The number of aromatic carboxylic acids is 1. The van der Waals surface area contributed by atoms with E-state index in [9.17, 15) is 4.79 Å². The second-order valence-corrected chi connectivity index (χ2v) is 4.93. The Morgan fingerprint density at radius 2 is 2.33 bits per heavy atom. The molecule has 1 aliphatic rings. The van der Waals surface area contributed by atoms with Gasteiger partial charge in [0.2, 0.25) is 0 Å². The van der Waals surface area contributed by atoms with Gasteiger partial charge in [-0.3, -0.25) is 0 Å². The molecule has 0 radical (unpaired) electrons. The largest absolute Gasteiger partial charge is 0.478 e. The maximum absolute atomic E-state index is 11.0. The summed E-state index contributed by atoms with van der Waals surface area (Å²) in [5.41, 5.74) is 1.01. The number of hydrogen-bond donors (Lipinski definition) is 2. The predicted octanol–water partition coefficient (Wildman–Crippen LogP) is 1.59. The molecular formula is C13H19N3O2. The quantitative estimate of drug-likeness (QED) is 0.851. The Kier molecular flexibility index (Phi) is 3.81. The summed E-state index contributed by atoms with van der Waals surface area (Å²) in [6.07, 6.45) is 2.26. The normalized spacial score (nSPS) is 20.7. The van der Waals surface area contributed by atoms with Gasteiger partial charge in [-0.25, -0.2) is 9.78 Å². The molecule has 1 saturated heterocycles. The van der Waals surface area contributed by atoms with Crippen molar-refractivity contribution in [2.75, 3.05) is 25.5 Å². The fourth-order valence-electron chi connectivity index (χ4n) is 2.36. The molecule has 1 atom stereocenters. The Hall–Kier alpha value is -1.62. The van der Waals surface area contributed by atoms with E-state index in [4.69, 9.17) is 5.11 Å². The molecule has 2 rings (SSSR count). The van der Waals surface area contributed by atoms with Crippen molar-refractivity contribution in [3.05, 3.63) is 23.4 Å². The van der Waals surface area contributed by atoms with Gasteiger partial charge < -0.3 is 15.3 Å². The lowest BCUT2D eigenvalue weighted by Gasteiger charge is -2.30. The van der Waals surface area contributed by atoms with Gasteiger partial charge in [0.25, 0.3) is 0 Å². The number of likely N-dealkylation sites (tertiary alicyclic amines) is 1. The molecule has 1 aromatic rings. The Bertz CT molecular complexity index is 448. The number of likely N-dealkylation sites (N-methyl/N-ethyl adjacent to an activating group) is 1. The lowest BCUT2D eigenvalue weighted by molar-refractivity contribution is 0.0696. The first-order valence-corrected chi connectivity index (χ1v) is 6.21. The third-order valence-corrected chi connectivity index (χ3v) is 3.18. The third-order valence-electron chi connectivity index (χ3n) is 3.18. The molecule has 2 N–H and O–H groups in total. The smallest absolute Gasteiger partial charge is 0.335 e. The van der Waals surface area contributed by atoms with Crippen LogP contribution in [0.3, 0.4) is 0 Å². The Morgan fingerprint density at radius 3 is 3.00 bits per heavy atom. The molecule has 5 nitrogen and oxygen atoms in total. The molecule has 0 saturated carbocycles. The predicted molar refractivity (Wildman–Crippen MR) is 70.1 cm³/mol. The van der Waals surface area contributed by atoms with E-state index in [-0.39, 0.29) is 5.56 Å². The van der Waals surface area contributed by atoms with Crippen LogP contribution in [-0.4, -0.2) is 47.1 Å². The molecule has 1 unspecified atom stereocenters. The highest BCUT2D eigenvalue weighted by Crippen LogP contribution is 2.16. The zero-order valence-corrected chi connectivity index (χ0v) is 10.8. The van der Waals surface area contributed by atoms with Crippen LogP contribution in [0.5, 0.6) is 0 Å². The van der Waals surface area contributed by atoms with E-state index in [0.29, 0.717) is 11.9 Å². The first-order valence-electron chi connectivity index (χ1n) is 6.21. The molecule has 5 heteroatoms. The molecule has 0 amide bonds. The molecule has 0 aromatic carbocycles. The maximum Gasteiger partial charge on any atom is 0.335 e. The summed E-state index contributed by atoms with van der Waals surface area (Å²) in [5.74, 6) is -0.253. The van der Waals surface area contributed by atoms with Crippen molar-refractivity contribution in [3.63, 3.8) is 0 Å². The van der Waals surface area contributed by atoms with Crippen molar-refractivity contribution < 1.29 is 9.90 Å². The highest BCUT2D eigenvalue weighted by atomic mass is 16.4. The molecule has 1 aliphatic heterocycles.